The van der Waals surface area contributed by atoms with Crippen LogP contribution in [0.2, 0.25) is 0 Å². The average molecular weight is 147 g/mol. The van der Waals surface area contributed by atoms with Gasteiger partial charge in [-0.3, -0.25) is 4.98 Å². The molecule has 0 aromatic carbocycles. The summed E-state index contributed by atoms with van der Waals surface area (Å²) in [5, 5.41) is 0. The lowest BCUT2D eigenvalue weighted by Gasteiger charge is -1.97. The van der Waals surface area contributed by atoms with Gasteiger partial charge in [-0.25, -0.2) is 0 Å². The molecule has 1 heterocycles. The van der Waals surface area contributed by atoms with E-state index in [1.807, 2.05) is 12.1 Å². The molecule has 0 saturated carbocycles. The lowest BCUT2D eigenvalue weighted by Crippen LogP contribution is -1.92. The van der Waals surface area contributed by atoms with Crippen molar-refractivity contribution in [1.29, 1.82) is 0 Å². The SMILES string of the molecule is C#CCOCc1cccnc1. The summed E-state index contributed by atoms with van der Waals surface area (Å²) in [6.07, 6.45) is 8.49. The maximum atomic E-state index is 5.09. The second-order valence-electron chi connectivity index (χ2n) is 2.06. The largest absolute Gasteiger partial charge is 0.364 e. The molecule has 0 aliphatic rings. The van der Waals surface area contributed by atoms with E-state index in [4.69, 9.17) is 11.2 Å². The summed E-state index contributed by atoms with van der Waals surface area (Å²) in [5.41, 5.74) is 1.04. The molecule has 11 heavy (non-hydrogen) atoms. The second kappa shape index (κ2) is 4.48. The van der Waals surface area contributed by atoms with Crippen molar-refractivity contribution in [2.45, 2.75) is 6.61 Å². The van der Waals surface area contributed by atoms with Crippen molar-refractivity contribution in [1.82, 2.24) is 4.98 Å². The molecule has 0 amide bonds. The lowest BCUT2D eigenvalue weighted by molar-refractivity contribution is 0.153. The second-order valence-corrected chi connectivity index (χ2v) is 2.06. The highest BCUT2D eigenvalue weighted by molar-refractivity contribution is 5.06. The van der Waals surface area contributed by atoms with E-state index in [1.54, 1.807) is 12.4 Å². The zero-order valence-corrected chi connectivity index (χ0v) is 6.16. The van der Waals surface area contributed by atoms with E-state index in [0.717, 1.165) is 5.56 Å². The normalized spacial score (nSPS) is 9.00. The zero-order valence-electron chi connectivity index (χ0n) is 6.16. The molecule has 0 atom stereocenters. The first-order valence-electron chi connectivity index (χ1n) is 3.33. The average Bonchev–Trinajstić information content (AvgIpc) is 2.07. The number of hydrogen-bond donors (Lipinski definition) is 0. The highest BCUT2D eigenvalue weighted by atomic mass is 16.5. The van der Waals surface area contributed by atoms with Crippen molar-refractivity contribution in [2.24, 2.45) is 0 Å². The Morgan fingerprint density at radius 2 is 2.55 bits per heavy atom. The summed E-state index contributed by atoms with van der Waals surface area (Å²) in [7, 11) is 0. The van der Waals surface area contributed by atoms with Crippen LogP contribution < -0.4 is 0 Å². The third kappa shape index (κ3) is 2.83. The van der Waals surface area contributed by atoms with Gasteiger partial charge < -0.3 is 4.74 Å². The number of rotatable bonds is 3. The molecule has 0 spiro atoms. The van der Waals surface area contributed by atoms with Crippen LogP contribution in [0.1, 0.15) is 5.56 Å². The van der Waals surface area contributed by atoms with Gasteiger partial charge in [0.1, 0.15) is 6.61 Å². The minimum Gasteiger partial charge on any atom is -0.364 e. The Morgan fingerprint density at radius 1 is 1.64 bits per heavy atom. The fraction of sp³-hybridized carbons (Fsp3) is 0.222. The van der Waals surface area contributed by atoms with Gasteiger partial charge in [-0.1, -0.05) is 12.0 Å². The monoisotopic (exact) mass is 147 g/mol. The molecule has 0 radical (unpaired) electrons. The summed E-state index contributed by atoms with van der Waals surface area (Å²) in [4.78, 5) is 3.93. The highest BCUT2D eigenvalue weighted by Gasteiger charge is 1.88. The first-order chi connectivity index (χ1) is 5.43. The smallest absolute Gasteiger partial charge is 0.107 e. The van der Waals surface area contributed by atoms with Crippen LogP contribution >= 0.6 is 0 Å². The van der Waals surface area contributed by atoms with Gasteiger partial charge in [0.05, 0.1) is 6.61 Å². The van der Waals surface area contributed by atoms with Crippen LogP contribution in [0.5, 0.6) is 0 Å². The van der Waals surface area contributed by atoms with Crippen molar-refractivity contribution in [3.8, 4) is 12.3 Å². The standard InChI is InChI=1S/C9H9NO/c1-2-6-11-8-9-4-3-5-10-7-9/h1,3-5,7H,6,8H2. The number of nitrogens with zero attached hydrogens (tertiary/aromatic N) is 1. The number of pyridine rings is 1. The van der Waals surface area contributed by atoms with Gasteiger partial charge in [-0.05, 0) is 11.6 Å². The summed E-state index contributed by atoms with van der Waals surface area (Å²) < 4.78 is 5.09. The van der Waals surface area contributed by atoms with Gasteiger partial charge in [0.2, 0.25) is 0 Å². The van der Waals surface area contributed by atoms with E-state index in [2.05, 4.69) is 10.9 Å². The number of ether oxygens (including phenoxy) is 1. The predicted molar refractivity (Wildman–Crippen MR) is 42.7 cm³/mol. The quantitative estimate of drug-likeness (QED) is 0.474. The van der Waals surface area contributed by atoms with E-state index in [1.165, 1.54) is 0 Å². The Labute approximate surface area is 66.2 Å². The maximum absolute atomic E-state index is 5.09. The van der Waals surface area contributed by atoms with Crippen molar-refractivity contribution < 1.29 is 4.74 Å². The molecule has 1 aromatic rings. The zero-order chi connectivity index (χ0) is 7.94. The molecule has 0 aliphatic carbocycles. The van der Waals surface area contributed by atoms with Gasteiger partial charge in [-0.2, -0.15) is 0 Å². The third-order valence-electron chi connectivity index (χ3n) is 1.18. The molecular formula is C9H9NO. The molecule has 0 aliphatic heterocycles. The summed E-state index contributed by atoms with van der Waals surface area (Å²) >= 11 is 0. The molecule has 0 fully saturated rings. The van der Waals surface area contributed by atoms with Crippen LogP contribution in [0.4, 0.5) is 0 Å². The van der Waals surface area contributed by atoms with Crippen LogP contribution in [-0.4, -0.2) is 11.6 Å². The van der Waals surface area contributed by atoms with Crippen LogP contribution in [0, 0.1) is 12.3 Å². The number of aromatic nitrogens is 1. The van der Waals surface area contributed by atoms with E-state index in [9.17, 15) is 0 Å². The summed E-state index contributed by atoms with van der Waals surface area (Å²) in [6.45, 7) is 0.896. The van der Waals surface area contributed by atoms with Crippen molar-refractivity contribution in [3.63, 3.8) is 0 Å². The van der Waals surface area contributed by atoms with Gasteiger partial charge in [0.15, 0.2) is 0 Å². The minimum absolute atomic E-state index is 0.356. The fourth-order valence-corrected chi connectivity index (χ4v) is 0.711. The van der Waals surface area contributed by atoms with Crippen LogP contribution in [0.15, 0.2) is 24.5 Å². The molecule has 56 valence electrons. The molecular weight excluding hydrogens is 138 g/mol. The van der Waals surface area contributed by atoms with E-state index >= 15 is 0 Å². The molecule has 0 unspecified atom stereocenters. The fourth-order valence-electron chi connectivity index (χ4n) is 0.711. The van der Waals surface area contributed by atoms with Crippen LogP contribution in [-0.2, 0) is 11.3 Å². The highest BCUT2D eigenvalue weighted by Crippen LogP contribution is 1.96. The van der Waals surface area contributed by atoms with Crippen LogP contribution in [0.25, 0.3) is 0 Å². The molecule has 0 N–H and O–H groups in total. The predicted octanol–water partition coefficient (Wildman–Crippen LogP) is 1.23. The van der Waals surface area contributed by atoms with Crippen molar-refractivity contribution >= 4 is 0 Å². The summed E-state index contributed by atoms with van der Waals surface area (Å²) in [6, 6.07) is 3.82. The Balaban J connectivity index is 2.35. The molecule has 0 bridgehead atoms. The van der Waals surface area contributed by atoms with E-state index < -0.39 is 0 Å². The first-order valence-corrected chi connectivity index (χ1v) is 3.33. The van der Waals surface area contributed by atoms with E-state index in [0.29, 0.717) is 13.2 Å². The molecule has 1 aromatic heterocycles. The van der Waals surface area contributed by atoms with Gasteiger partial charge in [-0.15, -0.1) is 6.42 Å². The van der Waals surface area contributed by atoms with Gasteiger partial charge >= 0.3 is 0 Å². The molecule has 1 rings (SSSR count). The Hall–Kier alpha value is -1.33. The minimum atomic E-state index is 0.356. The summed E-state index contributed by atoms with van der Waals surface area (Å²) in [5.74, 6) is 2.40. The topological polar surface area (TPSA) is 22.1 Å². The van der Waals surface area contributed by atoms with Crippen LogP contribution in [0.3, 0.4) is 0 Å². The van der Waals surface area contributed by atoms with Gasteiger partial charge in [0.25, 0.3) is 0 Å². The lowest BCUT2D eigenvalue weighted by atomic mass is 10.3. The maximum Gasteiger partial charge on any atom is 0.107 e. The van der Waals surface area contributed by atoms with Crippen molar-refractivity contribution in [3.05, 3.63) is 30.1 Å². The number of hydrogen-bond acceptors (Lipinski definition) is 2. The molecule has 2 heteroatoms. The Bertz CT molecular complexity index is 237. The van der Waals surface area contributed by atoms with E-state index in [-0.39, 0.29) is 0 Å². The van der Waals surface area contributed by atoms with Crippen molar-refractivity contribution in [2.75, 3.05) is 6.61 Å². The number of terminal acetylenes is 1. The third-order valence-corrected chi connectivity index (χ3v) is 1.18. The molecule has 0 saturated heterocycles. The first kappa shape index (κ1) is 7.77. The molecule has 2 nitrogen and oxygen atoms in total. The Morgan fingerprint density at radius 3 is 3.18 bits per heavy atom. The Kier molecular flexibility index (Phi) is 3.17. The van der Waals surface area contributed by atoms with Gasteiger partial charge in [0, 0.05) is 12.4 Å².